The summed E-state index contributed by atoms with van der Waals surface area (Å²) in [5, 5.41) is 9.30. The topological polar surface area (TPSA) is 58.4 Å². The van der Waals surface area contributed by atoms with Crippen LogP contribution < -0.4 is 0 Å². The lowest BCUT2D eigenvalue weighted by Gasteiger charge is -2.37. The summed E-state index contributed by atoms with van der Waals surface area (Å²) in [6.45, 7) is 3.79. The standard InChI is InChI=1S/C17H21N3O2/c1-13-16(17(21)22)3-2-9-19(13)11-14-4-6-15(7-5-14)20-10-8-18-12-20/h4-8,10,12-13,16H,2-3,9,11H2,1H3,(H,21,22)/t13-,16-/m1/s1. The first-order chi connectivity index (χ1) is 10.6. The maximum absolute atomic E-state index is 11.3. The van der Waals surface area contributed by atoms with Crippen LogP contribution in [0.3, 0.4) is 0 Å². The number of aromatic nitrogens is 2. The van der Waals surface area contributed by atoms with Gasteiger partial charge in [0, 0.05) is 30.7 Å². The van der Waals surface area contributed by atoms with E-state index in [1.165, 1.54) is 5.56 Å². The van der Waals surface area contributed by atoms with Crippen molar-refractivity contribution in [1.82, 2.24) is 14.5 Å². The van der Waals surface area contributed by atoms with Gasteiger partial charge in [-0.25, -0.2) is 4.98 Å². The Hall–Kier alpha value is -2.14. The van der Waals surface area contributed by atoms with Crippen molar-refractivity contribution in [1.29, 1.82) is 0 Å². The third-order valence-corrected chi connectivity index (χ3v) is 4.56. The maximum atomic E-state index is 11.3. The first-order valence-electron chi connectivity index (χ1n) is 7.69. The molecule has 1 aromatic carbocycles. The van der Waals surface area contributed by atoms with Gasteiger partial charge in [0.1, 0.15) is 0 Å². The van der Waals surface area contributed by atoms with Crippen LogP contribution in [0.1, 0.15) is 25.3 Å². The van der Waals surface area contributed by atoms with Gasteiger partial charge < -0.3 is 9.67 Å². The van der Waals surface area contributed by atoms with Gasteiger partial charge in [-0.2, -0.15) is 0 Å². The number of hydrogen-bond donors (Lipinski definition) is 1. The Morgan fingerprint density at radius 1 is 1.36 bits per heavy atom. The largest absolute Gasteiger partial charge is 0.481 e. The second-order valence-corrected chi connectivity index (χ2v) is 5.93. The molecule has 0 radical (unpaired) electrons. The molecule has 22 heavy (non-hydrogen) atoms. The fourth-order valence-electron chi connectivity index (χ4n) is 3.19. The number of carboxylic acid groups (broad SMARTS) is 1. The van der Waals surface area contributed by atoms with Gasteiger partial charge in [0.15, 0.2) is 0 Å². The quantitative estimate of drug-likeness (QED) is 0.942. The molecule has 5 nitrogen and oxygen atoms in total. The fraction of sp³-hybridized carbons (Fsp3) is 0.412. The minimum absolute atomic E-state index is 0.0829. The van der Waals surface area contributed by atoms with Crippen LogP contribution in [-0.4, -0.2) is 38.1 Å². The van der Waals surface area contributed by atoms with Crippen LogP contribution in [0.2, 0.25) is 0 Å². The molecule has 3 rings (SSSR count). The molecule has 0 bridgehead atoms. The van der Waals surface area contributed by atoms with Gasteiger partial charge in [-0.05, 0) is 44.0 Å². The first-order valence-corrected chi connectivity index (χ1v) is 7.69. The molecular formula is C17H21N3O2. The highest BCUT2D eigenvalue weighted by Gasteiger charge is 2.32. The smallest absolute Gasteiger partial charge is 0.308 e. The summed E-state index contributed by atoms with van der Waals surface area (Å²) in [6.07, 6.45) is 7.19. The Labute approximate surface area is 130 Å². The Bertz CT molecular complexity index is 622. The number of benzene rings is 1. The van der Waals surface area contributed by atoms with E-state index in [9.17, 15) is 9.90 Å². The number of carboxylic acids is 1. The summed E-state index contributed by atoms with van der Waals surface area (Å²) in [6, 6.07) is 8.43. The number of aliphatic carboxylic acids is 1. The van der Waals surface area contributed by atoms with Crippen molar-refractivity contribution < 1.29 is 9.90 Å². The minimum atomic E-state index is -0.673. The van der Waals surface area contributed by atoms with Gasteiger partial charge in [-0.1, -0.05) is 12.1 Å². The highest BCUT2D eigenvalue weighted by atomic mass is 16.4. The molecule has 116 valence electrons. The Balaban J connectivity index is 1.69. The van der Waals surface area contributed by atoms with Crippen LogP contribution in [0.25, 0.3) is 5.69 Å². The number of nitrogens with zero attached hydrogens (tertiary/aromatic N) is 3. The molecular weight excluding hydrogens is 278 g/mol. The Morgan fingerprint density at radius 2 is 2.14 bits per heavy atom. The summed E-state index contributed by atoms with van der Waals surface area (Å²) in [7, 11) is 0. The minimum Gasteiger partial charge on any atom is -0.481 e. The second kappa shape index (κ2) is 6.32. The van der Waals surface area contributed by atoms with Gasteiger partial charge in [0.05, 0.1) is 12.2 Å². The molecule has 1 aromatic heterocycles. The van der Waals surface area contributed by atoms with Crippen molar-refractivity contribution in [2.75, 3.05) is 6.54 Å². The zero-order valence-electron chi connectivity index (χ0n) is 12.7. The highest BCUT2D eigenvalue weighted by molar-refractivity contribution is 5.71. The van der Waals surface area contributed by atoms with E-state index in [2.05, 4.69) is 34.1 Å². The van der Waals surface area contributed by atoms with Crippen molar-refractivity contribution in [3.8, 4) is 5.69 Å². The molecule has 0 amide bonds. The fourth-order valence-corrected chi connectivity index (χ4v) is 3.19. The van der Waals surface area contributed by atoms with Crippen LogP contribution in [-0.2, 0) is 11.3 Å². The second-order valence-electron chi connectivity index (χ2n) is 5.93. The van der Waals surface area contributed by atoms with Gasteiger partial charge in [0.2, 0.25) is 0 Å². The third-order valence-electron chi connectivity index (χ3n) is 4.56. The van der Waals surface area contributed by atoms with Crippen molar-refractivity contribution in [3.63, 3.8) is 0 Å². The lowest BCUT2D eigenvalue weighted by Crippen LogP contribution is -2.45. The van der Waals surface area contributed by atoms with E-state index in [0.717, 1.165) is 31.6 Å². The molecule has 1 aliphatic heterocycles. The highest BCUT2D eigenvalue weighted by Crippen LogP contribution is 2.25. The molecule has 2 heterocycles. The van der Waals surface area contributed by atoms with E-state index < -0.39 is 5.97 Å². The third kappa shape index (κ3) is 3.04. The zero-order chi connectivity index (χ0) is 15.5. The molecule has 0 saturated carbocycles. The van der Waals surface area contributed by atoms with E-state index in [1.54, 1.807) is 12.5 Å². The van der Waals surface area contributed by atoms with Crippen LogP contribution >= 0.6 is 0 Å². The van der Waals surface area contributed by atoms with Gasteiger partial charge in [-0.15, -0.1) is 0 Å². The van der Waals surface area contributed by atoms with Crippen LogP contribution in [0.5, 0.6) is 0 Å². The average Bonchev–Trinajstić information content (AvgIpc) is 3.04. The molecule has 1 fully saturated rings. The molecule has 2 aromatic rings. The summed E-state index contributed by atoms with van der Waals surface area (Å²) in [5.74, 6) is -0.924. The van der Waals surface area contributed by atoms with Crippen LogP contribution in [0, 0.1) is 5.92 Å². The number of piperidine rings is 1. The average molecular weight is 299 g/mol. The van der Waals surface area contributed by atoms with Gasteiger partial charge in [-0.3, -0.25) is 9.69 Å². The summed E-state index contributed by atoms with van der Waals surface area (Å²) in [5.41, 5.74) is 2.29. The number of hydrogen-bond acceptors (Lipinski definition) is 3. The van der Waals surface area contributed by atoms with Crippen molar-refractivity contribution in [3.05, 3.63) is 48.5 Å². The molecule has 5 heteroatoms. The summed E-state index contributed by atoms with van der Waals surface area (Å²) in [4.78, 5) is 17.6. The Morgan fingerprint density at radius 3 is 2.77 bits per heavy atom. The lowest BCUT2D eigenvalue weighted by atomic mass is 9.90. The molecule has 0 spiro atoms. The predicted octanol–water partition coefficient (Wildman–Crippen LogP) is 2.56. The first kappa shape index (κ1) is 14.8. The molecule has 1 saturated heterocycles. The van der Waals surface area contributed by atoms with E-state index >= 15 is 0 Å². The molecule has 1 N–H and O–H groups in total. The van der Waals surface area contributed by atoms with Crippen molar-refractivity contribution in [2.24, 2.45) is 5.92 Å². The van der Waals surface area contributed by atoms with Crippen LogP contribution in [0.4, 0.5) is 0 Å². The number of imidazole rings is 1. The molecule has 2 atom stereocenters. The van der Waals surface area contributed by atoms with E-state index in [4.69, 9.17) is 0 Å². The van der Waals surface area contributed by atoms with Gasteiger partial charge in [0.25, 0.3) is 0 Å². The molecule has 1 aliphatic rings. The predicted molar refractivity (Wildman–Crippen MR) is 83.8 cm³/mol. The van der Waals surface area contributed by atoms with E-state index in [0.29, 0.717) is 0 Å². The number of rotatable bonds is 4. The normalized spacial score (nSPS) is 22.6. The Kier molecular flexibility index (Phi) is 4.24. The van der Waals surface area contributed by atoms with Crippen LogP contribution in [0.15, 0.2) is 43.0 Å². The summed E-state index contributed by atoms with van der Waals surface area (Å²) < 4.78 is 1.97. The monoisotopic (exact) mass is 299 g/mol. The molecule has 0 unspecified atom stereocenters. The number of likely N-dealkylation sites (tertiary alicyclic amines) is 1. The summed E-state index contributed by atoms with van der Waals surface area (Å²) >= 11 is 0. The number of carbonyl (C=O) groups is 1. The maximum Gasteiger partial charge on any atom is 0.308 e. The lowest BCUT2D eigenvalue weighted by molar-refractivity contribution is -0.145. The SMILES string of the molecule is C[C@@H]1[C@H](C(=O)O)CCCN1Cc1ccc(-n2ccnc2)cc1. The van der Waals surface area contributed by atoms with E-state index in [-0.39, 0.29) is 12.0 Å². The van der Waals surface area contributed by atoms with Crippen molar-refractivity contribution >= 4 is 5.97 Å². The van der Waals surface area contributed by atoms with Gasteiger partial charge >= 0.3 is 5.97 Å². The zero-order valence-corrected chi connectivity index (χ0v) is 12.7. The van der Waals surface area contributed by atoms with Crippen molar-refractivity contribution in [2.45, 2.75) is 32.4 Å². The molecule has 0 aliphatic carbocycles. The van der Waals surface area contributed by atoms with E-state index in [1.807, 2.05) is 17.7 Å².